The Labute approximate surface area is 130 Å². The lowest BCUT2D eigenvalue weighted by Gasteiger charge is -2.09. The number of nitrogens with one attached hydrogen (secondary N) is 1. The minimum atomic E-state index is 0.306. The molecule has 0 unspecified atom stereocenters. The van der Waals surface area contributed by atoms with Gasteiger partial charge in [-0.1, -0.05) is 24.3 Å². The fraction of sp³-hybridized carbons (Fsp3) is 0.105. The first-order valence-corrected chi connectivity index (χ1v) is 7.30. The smallest absolute Gasteiger partial charge is 0.173 e. The van der Waals surface area contributed by atoms with Gasteiger partial charge in [-0.25, -0.2) is 4.57 Å². The molecule has 3 nitrogen and oxygen atoms in total. The molecule has 2 aromatic carbocycles. The predicted molar refractivity (Wildman–Crippen MR) is 88.3 cm³/mol. The minimum absolute atomic E-state index is 0.306. The summed E-state index contributed by atoms with van der Waals surface area (Å²) in [5.41, 5.74) is 3.99. The molecule has 0 atom stereocenters. The third-order valence-electron chi connectivity index (χ3n) is 3.57. The zero-order valence-electron chi connectivity index (χ0n) is 12.5. The number of aromatic hydroxyl groups is 1. The minimum Gasteiger partial charge on any atom is -0.508 e. The zero-order chi connectivity index (χ0) is 15.4. The third-order valence-corrected chi connectivity index (χ3v) is 3.57. The highest BCUT2D eigenvalue weighted by Gasteiger charge is 2.04. The second kappa shape index (κ2) is 6.31. The van der Waals surface area contributed by atoms with Crippen molar-refractivity contribution in [2.24, 2.45) is 0 Å². The summed E-state index contributed by atoms with van der Waals surface area (Å²) in [5, 5.41) is 13.1. The Balaban J connectivity index is 1.77. The topological polar surface area (TPSA) is 36.1 Å². The Hall–Kier alpha value is -2.81. The van der Waals surface area contributed by atoms with Crippen molar-refractivity contribution in [2.75, 3.05) is 5.32 Å². The van der Waals surface area contributed by atoms with Crippen LogP contribution in [0.4, 0.5) is 11.4 Å². The van der Waals surface area contributed by atoms with Crippen LogP contribution in [-0.4, -0.2) is 5.11 Å². The summed E-state index contributed by atoms with van der Waals surface area (Å²) in [4.78, 5) is 0. The van der Waals surface area contributed by atoms with Gasteiger partial charge in [0.15, 0.2) is 18.9 Å². The largest absolute Gasteiger partial charge is 0.508 e. The Morgan fingerprint density at radius 1 is 0.909 bits per heavy atom. The van der Waals surface area contributed by atoms with Crippen LogP contribution >= 0.6 is 0 Å². The van der Waals surface area contributed by atoms with Gasteiger partial charge in [0.05, 0.1) is 0 Å². The maximum absolute atomic E-state index is 9.78. The summed E-state index contributed by atoms with van der Waals surface area (Å²) in [6, 6.07) is 20.0. The number of hydrogen-bond donors (Lipinski definition) is 2. The van der Waals surface area contributed by atoms with Crippen molar-refractivity contribution >= 4 is 11.4 Å². The molecule has 3 heteroatoms. The highest BCUT2D eigenvalue weighted by Crippen LogP contribution is 2.24. The van der Waals surface area contributed by atoms with Gasteiger partial charge < -0.3 is 10.4 Å². The molecule has 0 bridgehead atoms. The van der Waals surface area contributed by atoms with E-state index < -0.39 is 0 Å². The Morgan fingerprint density at radius 2 is 1.68 bits per heavy atom. The molecule has 0 saturated carbocycles. The molecule has 1 heterocycles. The number of pyridine rings is 1. The number of aryl methyl sites for hydroxylation is 1. The Bertz CT molecular complexity index is 769. The fourth-order valence-corrected chi connectivity index (χ4v) is 2.35. The summed E-state index contributed by atoms with van der Waals surface area (Å²) in [6.07, 6.45) is 4.11. The van der Waals surface area contributed by atoms with Gasteiger partial charge in [0.25, 0.3) is 0 Å². The molecule has 22 heavy (non-hydrogen) atoms. The molecule has 110 valence electrons. The second-order valence-corrected chi connectivity index (χ2v) is 5.37. The maximum atomic E-state index is 9.78. The molecule has 3 aromatic rings. The number of nitrogens with zero attached hydrogens (tertiary/aromatic N) is 1. The van der Waals surface area contributed by atoms with Gasteiger partial charge in [-0.15, -0.1) is 0 Å². The second-order valence-electron chi connectivity index (χ2n) is 5.37. The van der Waals surface area contributed by atoms with Gasteiger partial charge in [-0.3, -0.25) is 0 Å². The van der Waals surface area contributed by atoms with E-state index in [1.54, 1.807) is 6.07 Å². The number of anilines is 2. The molecule has 0 fully saturated rings. The molecule has 1 aromatic heterocycles. The molecule has 0 radical (unpaired) electrons. The van der Waals surface area contributed by atoms with E-state index in [4.69, 9.17) is 0 Å². The van der Waals surface area contributed by atoms with Crippen LogP contribution in [0.2, 0.25) is 0 Å². The lowest BCUT2D eigenvalue weighted by atomic mass is 10.1. The van der Waals surface area contributed by atoms with Crippen molar-refractivity contribution in [3.8, 4) is 5.75 Å². The molecule has 3 rings (SSSR count). The average molecular weight is 291 g/mol. The highest BCUT2D eigenvalue weighted by atomic mass is 16.3. The van der Waals surface area contributed by atoms with Crippen LogP contribution < -0.4 is 9.88 Å². The van der Waals surface area contributed by atoms with Gasteiger partial charge in [-0.05, 0) is 30.7 Å². The molecular weight excluding hydrogens is 272 g/mol. The van der Waals surface area contributed by atoms with Crippen LogP contribution in [0.1, 0.15) is 11.1 Å². The van der Waals surface area contributed by atoms with Gasteiger partial charge in [0.2, 0.25) is 0 Å². The van der Waals surface area contributed by atoms with Crippen LogP contribution in [0.5, 0.6) is 5.75 Å². The number of rotatable bonds is 4. The number of benzene rings is 2. The van der Waals surface area contributed by atoms with E-state index >= 15 is 0 Å². The third kappa shape index (κ3) is 3.44. The van der Waals surface area contributed by atoms with Crippen LogP contribution in [0.25, 0.3) is 0 Å². The molecule has 0 amide bonds. The molecular formula is C19H19N2O+. The van der Waals surface area contributed by atoms with Crippen molar-refractivity contribution in [3.05, 3.63) is 84.2 Å². The summed E-state index contributed by atoms with van der Waals surface area (Å²) in [7, 11) is 0. The SMILES string of the molecule is Cc1ccc(Nc2cccc(C[n+]3ccccc3)c2)cc1O. The van der Waals surface area contributed by atoms with E-state index in [9.17, 15) is 5.11 Å². The van der Waals surface area contributed by atoms with Crippen molar-refractivity contribution in [3.63, 3.8) is 0 Å². The quantitative estimate of drug-likeness (QED) is 0.718. The average Bonchev–Trinajstić information content (AvgIpc) is 2.52. The fourth-order valence-electron chi connectivity index (χ4n) is 2.35. The molecule has 0 spiro atoms. The van der Waals surface area contributed by atoms with Gasteiger partial charge >= 0.3 is 0 Å². The predicted octanol–water partition coefficient (Wildman–Crippen LogP) is 3.78. The monoisotopic (exact) mass is 291 g/mol. The lowest BCUT2D eigenvalue weighted by molar-refractivity contribution is -0.688. The Morgan fingerprint density at radius 3 is 2.45 bits per heavy atom. The molecule has 2 N–H and O–H groups in total. The van der Waals surface area contributed by atoms with Crippen LogP contribution in [0.3, 0.4) is 0 Å². The summed E-state index contributed by atoms with van der Waals surface area (Å²) in [6.45, 7) is 2.71. The number of phenolic OH excluding ortho intramolecular Hbond substituents is 1. The molecule has 0 aliphatic carbocycles. The van der Waals surface area contributed by atoms with Crippen molar-refractivity contribution < 1.29 is 9.67 Å². The molecule has 0 aliphatic rings. The summed E-state index contributed by atoms with van der Waals surface area (Å²) >= 11 is 0. The van der Waals surface area contributed by atoms with Crippen molar-refractivity contribution in [1.82, 2.24) is 0 Å². The van der Waals surface area contributed by atoms with Crippen LogP contribution in [-0.2, 0) is 6.54 Å². The van der Waals surface area contributed by atoms with E-state index in [1.165, 1.54) is 5.56 Å². The van der Waals surface area contributed by atoms with Crippen molar-refractivity contribution in [2.45, 2.75) is 13.5 Å². The van der Waals surface area contributed by atoms with E-state index in [1.807, 2.05) is 49.4 Å². The van der Waals surface area contributed by atoms with E-state index in [0.29, 0.717) is 5.75 Å². The first kappa shape index (κ1) is 14.1. The number of aromatic nitrogens is 1. The lowest BCUT2D eigenvalue weighted by Crippen LogP contribution is -2.32. The Kier molecular flexibility index (Phi) is 4.05. The summed E-state index contributed by atoms with van der Waals surface area (Å²) < 4.78 is 2.14. The van der Waals surface area contributed by atoms with Gasteiger partial charge in [-0.2, -0.15) is 0 Å². The highest BCUT2D eigenvalue weighted by molar-refractivity contribution is 5.62. The van der Waals surface area contributed by atoms with Crippen LogP contribution in [0.15, 0.2) is 73.1 Å². The van der Waals surface area contributed by atoms with Gasteiger partial charge in [0, 0.05) is 35.1 Å². The first-order valence-electron chi connectivity index (χ1n) is 7.30. The normalized spacial score (nSPS) is 10.4. The van der Waals surface area contributed by atoms with Crippen LogP contribution in [0, 0.1) is 6.92 Å². The standard InChI is InChI=1S/C19H18N2O/c1-15-8-9-18(13-19(15)22)20-17-7-5-6-16(12-17)14-21-10-3-2-4-11-21/h2-13,20H,14H2,1H3/p+1. The summed E-state index contributed by atoms with van der Waals surface area (Å²) in [5.74, 6) is 0.306. The molecule has 0 saturated heterocycles. The van der Waals surface area contributed by atoms with E-state index in [0.717, 1.165) is 23.5 Å². The van der Waals surface area contributed by atoms with E-state index in [-0.39, 0.29) is 0 Å². The molecule has 0 aliphatic heterocycles. The zero-order valence-corrected chi connectivity index (χ0v) is 12.5. The number of hydrogen-bond acceptors (Lipinski definition) is 2. The van der Waals surface area contributed by atoms with Gasteiger partial charge in [0.1, 0.15) is 5.75 Å². The van der Waals surface area contributed by atoms with Crippen molar-refractivity contribution in [1.29, 1.82) is 0 Å². The maximum Gasteiger partial charge on any atom is 0.173 e. The van der Waals surface area contributed by atoms with E-state index in [2.05, 4.69) is 34.4 Å². The number of phenols is 1. The first-order chi connectivity index (χ1) is 10.7.